The second kappa shape index (κ2) is 6.08. The van der Waals surface area contributed by atoms with Crippen LogP contribution in [0, 0.1) is 0 Å². The molecule has 0 radical (unpaired) electrons. The van der Waals surface area contributed by atoms with Crippen molar-refractivity contribution in [3.63, 3.8) is 0 Å². The Hall–Kier alpha value is -1.24. The average Bonchev–Trinajstić information content (AvgIpc) is 2.73. The number of hydrogen-bond acceptors (Lipinski definition) is 4. The number of hydrogen-bond donors (Lipinski definition) is 2. The van der Waals surface area contributed by atoms with Crippen LogP contribution in [0.5, 0.6) is 0 Å². The summed E-state index contributed by atoms with van der Waals surface area (Å²) >= 11 is 3.49. The van der Waals surface area contributed by atoms with Crippen LogP contribution in [0.25, 0.3) is 0 Å². The highest BCUT2D eigenvalue weighted by atomic mass is 79.9. The zero-order valence-electron chi connectivity index (χ0n) is 10.2. The van der Waals surface area contributed by atoms with Gasteiger partial charge in [0.2, 0.25) is 0 Å². The molecule has 18 heavy (non-hydrogen) atoms. The summed E-state index contributed by atoms with van der Waals surface area (Å²) in [6.07, 6.45) is 7.25. The molecule has 1 unspecified atom stereocenters. The molecule has 2 aromatic rings. The van der Waals surface area contributed by atoms with Crippen LogP contribution < -0.4 is 11.3 Å². The third kappa shape index (κ3) is 2.95. The Labute approximate surface area is 115 Å². The van der Waals surface area contributed by atoms with Crippen molar-refractivity contribution in [2.45, 2.75) is 18.9 Å². The van der Waals surface area contributed by atoms with Gasteiger partial charge in [0.05, 0.1) is 22.4 Å². The van der Waals surface area contributed by atoms with Gasteiger partial charge in [-0.3, -0.25) is 20.9 Å². The second-order valence-corrected chi connectivity index (χ2v) is 4.97. The molecule has 0 aromatic carbocycles. The lowest BCUT2D eigenvalue weighted by Crippen LogP contribution is -2.30. The molecule has 0 bridgehead atoms. The Bertz CT molecular complexity index is 477. The predicted molar refractivity (Wildman–Crippen MR) is 73.5 cm³/mol. The van der Waals surface area contributed by atoms with Crippen LogP contribution in [0.4, 0.5) is 0 Å². The molecule has 0 aliphatic carbocycles. The summed E-state index contributed by atoms with van der Waals surface area (Å²) in [5.41, 5.74) is 5.11. The summed E-state index contributed by atoms with van der Waals surface area (Å²) < 4.78 is 2.80. The number of halogens is 1. The van der Waals surface area contributed by atoms with Crippen LogP contribution in [-0.2, 0) is 13.5 Å². The molecule has 2 rings (SSSR count). The molecule has 2 heterocycles. The molecule has 0 amide bonds. The van der Waals surface area contributed by atoms with E-state index in [1.165, 1.54) is 5.56 Å². The van der Waals surface area contributed by atoms with E-state index >= 15 is 0 Å². The van der Waals surface area contributed by atoms with E-state index in [0.717, 1.165) is 23.0 Å². The number of pyridine rings is 1. The summed E-state index contributed by atoms with van der Waals surface area (Å²) in [6.45, 7) is 0. The van der Waals surface area contributed by atoms with Crippen LogP contribution in [-0.4, -0.2) is 14.8 Å². The third-order valence-corrected chi connectivity index (χ3v) is 3.52. The Balaban J connectivity index is 2.07. The van der Waals surface area contributed by atoms with E-state index < -0.39 is 0 Å². The van der Waals surface area contributed by atoms with Crippen LogP contribution >= 0.6 is 15.9 Å². The Morgan fingerprint density at radius 2 is 2.33 bits per heavy atom. The van der Waals surface area contributed by atoms with Crippen molar-refractivity contribution >= 4 is 15.9 Å². The molecular weight excluding hydrogens is 294 g/mol. The number of hydrazine groups is 1. The average molecular weight is 310 g/mol. The first kappa shape index (κ1) is 13.2. The van der Waals surface area contributed by atoms with E-state index in [-0.39, 0.29) is 6.04 Å². The fraction of sp³-hybridized carbons (Fsp3) is 0.333. The Morgan fingerprint density at radius 1 is 1.50 bits per heavy atom. The van der Waals surface area contributed by atoms with Gasteiger partial charge < -0.3 is 0 Å². The zero-order chi connectivity index (χ0) is 13.0. The fourth-order valence-electron chi connectivity index (χ4n) is 1.97. The number of aromatic nitrogens is 3. The summed E-state index contributed by atoms with van der Waals surface area (Å²) in [4.78, 5) is 4.11. The van der Waals surface area contributed by atoms with Crippen molar-refractivity contribution in [2.24, 2.45) is 12.9 Å². The molecule has 0 saturated heterocycles. The second-order valence-electron chi connectivity index (χ2n) is 4.12. The predicted octanol–water partition coefficient (Wildman–Crippen LogP) is 1.71. The summed E-state index contributed by atoms with van der Waals surface area (Å²) in [5, 5.41) is 4.20. The minimum atomic E-state index is 0.0621. The number of nitrogens with two attached hydrogens (primary N) is 1. The molecule has 5 nitrogen and oxygen atoms in total. The van der Waals surface area contributed by atoms with Crippen molar-refractivity contribution in [3.05, 3.63) is 46.5 Å². The smallest absolute Gasteiger partial charge is 0.0705 e. The maximum absolute atomic E-state index is 5.64. The fourth-order valence-corrected chi connectivity index (χ4v) is 2.59. The van der Waals surface area contributed by atoms with Crippen molar-refractivity contribution < 1.29 is 0 Å². The molecular formula is C12H16BrN5. The van der Waals surface area contributed by atoms with Crippen molar-refractivity contribution in [1.29, 1.82) is 0 Å². The van der Waals surface area contributed by atoms with Gasteiger partial charge >= 0.3 is 0 Å². The van der Waals surface area contributed by atoms with E-state index in [4.69, 9.17) is 5.84 Å². The number of nitrogens with zero attached hydrogens (tertiary/aromatic N) is 3. The van der Waals surface area contributed by atoms with Gasteiger partial charge in [-0.25, -0.2) is 0 Å². The summed E-state index contributed by atoms with van der Waals surface area (Å²) in [6, 6.07) is 4.08. The molecule has 6 heteroatoms. The molecule has 0 fully saturated rings. The molecule has 3 N–H and O–H groups in total. The largest absolute Gasteiger partial charge is 0.271 e. The molecule has 0 spiro atoms. The highest BCUT2D eigenvalue weighted by Crippen LogP contribution is 2.25. The van der Waals surface area contributed by atoms with E-state index in [0.29, 0.717) is 0 Å². The number of rotatable bonds is 5. The highest BCUT2D eigenvalue weighted by molar-refractivity contribution is 9.10. The van der Waals surface area contributed by atoms with Crippen molar-refractivity contribution in [3.8, 4) is 0 Å². The van der Waals surface area contributed by atoms with Gasteiger partial charge in [0.1, 0.15) is 0 Å². The maximum atomic E-state index is 5.64. The molecule has 0 saturated carbocycles. The van der Waals surface area contributed by atoms with Crippen molar-refractivity contribution in [1.82, 2.24) is 20.2 Å². The zero-order valence-corrected chi connectivity index (χ0v) is 11.8. The first-order valence-electron chi connectivity index (χ1n) is 5.74. The summed E-state index contributed by atoms with van der Waals surface area (Å²) in [7, 11) is 1.91. The van der Waals surface area contributed by atoms with Crippen LogP contribution in [0.1, 0.15) is 23.7 Å². The molecule has 96 valence electrons. The summed E-state index contributed by atoms with van der Waals surface area (Å²) in [5.74, 6) is 5.64. The Morgan fingerprint density at radius 3 is 2.89 bits per heavy atom. The minimum absolute atomic E-state index is 0.0621. The lowest BCUT2D eigenvalue weighted by molar-refractivity contribution is 0.478. The van der Waals surface area contributed by atoms with Gasteiger partial charge in [0, 0.05) is 19.4 Å². The van der Waals surface area contributed by atoms with E-state index in [9.17, 15) is 0 Å². The SMILES string of the molecule is Cn1ncc(Br)c1C(CCc1cccnc1)NN. The highest BCUT2D eigenvalue weighted by Gasteiger charge is 2.17. The molecule has 0 aliphatic rings. The topological polar surface area (TPSA) is 68.8 Å². The van der Waals surface area contributed by atoms with E-state index in [1.54, 1.807) is 12.4 Å². The quantitative estimate of drug-likeness (QED) is 0.652. The Kier molecular flexibility index (Phi) is 4.46. The maximum Gasteiger partial charge on any atom is 0.0705 e. The molecule has 0 aliphatic heterocycles. The standard InChI is InChI=1S/C12H16BrN5/c1-18-12(10(13)8-16-18)11(17-14)5-4-9-3-2-6-15-7-9/h2-3,6-8,11,17H,4-5,14H2,1H3. The number of nitrogens with one attached hydrogen (secondary N) is 1. The van der Waals surface area contributed by atoms with Gasteiger partial charge in [-0.1, -0.05) is 6.07 Å². The van der Waals surface area contributed by atoms with Gasteiger partial charge in [-0.05, 0) is 40.4 Å². The van der Waals surface area contributed by atoms with Gasteiger partial charge in [0.15, 0.2) is 0 Å². The lowest BCUT2D eigenvalue weighted by atomic mass is 10.0. The van der Waals surface area contributed by atoms with Gasteiger partial charge in [-0.2, -0.15) is 5.10 Å². The van der Waals surface area contributed by atoms with Crippen LogP contribution in [0.2, 0.25) is 0 Å². The molecule has 2 aromatic heterocycles. The minimum Gasteiger partial charge on any atom is -0.271 e. The normalized spacial score (nSPS) is 12.6. The van der Waals surface area contributed by atoms with Gasteiger partial charge in [-0.15, -0.1) is 0 Å². The van der Waals surface area contributed by atoms with Gasteiger partial charge in [0.25, 0.3) is 0 Å². The first-order chi connectivity index (χ1) is 8.72. The first-order valence-corrected chi connectivity index (χ1v) is 6.54. The van der Waals surface area contributed by atoms with E-state index in [2.05, 4.69) is 37.5 Å². The van der Waals surface area contributed by atoms with Crippen LogP contribution in [0.3, 0.4) is 0 Å². The molecule has 1 atom stereocenters. The number of aryl methyl sites for hydroxylation is 2. The lowest BCUT2D eigenvalue weighted by Gasteiger charge is -2.16. The van der Waals surface area contributed by atoms with Crippen molar-refractivity contribution in [2.75, 3.05) is 0 Å². The van der Waals surface area contributed by atoms with E-state index in [1.807, 2.05) is 24.0 Å². The third-order valence-electron chi connectivity index (χ3n) is 2.91. The van der Waals surface area contributed by atoms with Crippen LogP contribution in [0.15, 0.2) is 35.2 Å². The monoisotopic (exact) mass is 309 g/mol.